The van der Waals surface area contributed by atoms with Crippen LogP contribution in [0.25, 0.3) is 0 Å². The van der Waals surface area contributed by atoms with Crippen LogP contribution >= 0.6 is 0 Å². The summed E-state index contributed by atoms with van der Waals surface area (Å²) in [6.07, 6.45) is 1.69. The fourth-order valence-electron chi connectivity index (χ4n) is 1.13. The molecule has 7 nitrogen and oxygen atoms in total. The minimum absolute atomic E-state index is 0.228. The summed E-state index contributed by atoms with van der Waals surface area (Å²) in [7, 11) is 1.51. The van der Waals surface area contributed by atoms with Crippen LogP contribution in [0.5, 0.6) is 0 Å². The number of carbonyl (C=O) groups excluding carboxylic acids is 1. The molecule has 0 aliphatic heterocycles. The Balaban J connectivity index is 2.94. The lowest BCUT2D eigenvalue weighted by Crippen LogP contribution is -2.13. The topological polar surface area (TPSA) is 109 Å². The standard InChI is InChI=1S/C8H14N6O/c1-3-4-5-11-6(7(9)15)8(12-5)13-14-10-2/h3-4H2,1-2H3,(H2,9,15)(H,10,13)(H,11,12). The van der Waals surface area contributed by atoms with Crippen LogP contribution in [0.3, 0.4) is 0 Å². The molecule has 1 aromatic rings. The third-order valence-electron chi connectivity index (χ3n) is 1.74. The molecule has 0 unspecified atom stereocenters. The SMILES string of the molecule is CCCc1nc(NN=NC)c(C(N)=O)[nH]1. The first-order valence-electron chi connectivity index (χ1n) is 4.62. The molecule has 1 aromatic heterocycles. The highest BCUT2D eigenvalue weighted by molar-refractivity contribution is 5.95. The summed E-state index contributed by atoms with van der Waals surface area (Å²) in [6, 6.07) is 0. The van der Waals surface area contributed by atoms with Gasteiger partial charge in [-0.25, -0.2) is 10.4 Å². The summed E-state index contributed by atoms with van der Waals surface area (Å²) < 4.78 is 0. The van der Waals surface area contributed by atoms with Crippen molar-refractivity contribution in [2.45, 2.75) is 19.8 Å². The van der Waals surface area contributed by atoms with Gasteiger partial charge in [-0.15, -0.1) is 0 Å². The zero-order valence-electron chi connectivity index (χ0n) is 8.74. The van der Waals surface area contributed by atoms with Gasteiger partial charge in [0.15, 0.2) is 5.82 Å². The number of rotatable bonds is 5. The van der Waals surface area contributed by atoms with Crippen molar-refractivity contribution in [3.63, 3.8) is 0 Å². The van der Waals surface area contributed by atoms with Crippen LogP contribution in [0, 0.1) is 0 Å². The molecular formula is C8H14N6O. The van der Waals surface area contributed by atoms with E-state index in [0.717, 1.165) is 12.8 Å². The van der Waals surface area contributed by atoms with Crippen molar-refractivity contribution in [1.29, 1.82) is 0 Å². The van der Waals surface area contributed by atoms with Crippen LogP contribution in [0.4, 0.5) is 5.82 Å². The van der Waals surface area contributed by atoms with E-state index >= 15 is 0 Å². The highest BCUT2D eigenvalue weighted by atomic mass is 16.1. The normalized spacial score (nSPS) is 10.8. The molecule has 0 aromatic carbocycles. The van der Waals surface area contributed by atoms with E-state index in [1.807, 2.05) is 6.92 Å². The zero-order chi connectivity index (χ0) is 11.3. The lowest BCUT2D eigenvalue weighted by molar-refractivity contribution is 0.0996. The average Bonchev–Trinajstić information content (AvgIpc) is 2.59. The van der Waals surface area contributed by atoms with E-state index in [-0.39, 0.29) is 5.69 Å². The highest BCUT2D eigenvalue weighted by Gasteiger charge is 2.13. The largest absolute Gasteiger partial charge is 0.364 e. The van der Waals surface area contributed by atoms with Crippen LogP contribution in [0.15, 0.2) is 10.3 Å². The van der Waals surface area contributed by atoms with Crippen molar-refractivity contribution < 1.29 is 4.79 Å². The van der Waals surface area contributed by atoms with Crippen LogP contribution in [0.1, 0.15) is 29.7 Å². The van der Waals surface area contributed by atoms with E-state index in [2.05, 4.69) is 25.7 Å². The van der Waals surface area contributed by atoms with Gasteiger partial charge >= 0.3 is 0 Å². The predicted octanol–water partition coefficient (Wildman–Crippen LogP) is 0.870. The molecule has 7 heteroatoms. The van der Waals surface area contributed by atoms with Gasteiger partial charge in [-0.3, -0.25) is 4.79 Å². The smallest absolute Gasteiger partial charge is 0.269 e. The van der Waals surface area contributed by atoms with Crippen molar-refractivity contribution >= 4 is 11.7 Å². The number of anilines is 1. The third-order valence-corrected chi connectivity index (χ3v) is 1.74. The number of aromatic nitrogens is 2. The summed E-state index contributed by atoms with van der Waals surface area (Å²) in [4.78, 5) is 18.0. The fraction of sp³-hybridized carbons (Fsp3) is 0.500. The average molecular weight is 210 g/mol. The molecule has 0 aliphatic carbocycles. The summed E-state index contributed by atoms with van der Waals surface area (Å²) in [5, 5.41) is 7.04. The van der Waals surface area contributed by atoms with Gasteiger partial charge in [0.05, 0.1) is 7.05 Å². The van der Waals surface area contributed by atoms with E-state index in [4.69, 9.17) is 5.73 Å². The number of H-pyrrole nitrogens is 1. The number of carbonyl (C=O) groups is 1. The number of aromatic amines is 1. The van der Waals surface area contributed by atoms with E-state index in [0.29, 0.717) is 11.6 Å². The summed E-state index contributed by atoms with van der Waals surface area (Å²) in [6.45, 7) is 2.02. The third kappa shape index (κ3) is 2.76. The van der Waals surface area contributed by atoms with Crippen molar-refractivity contribution in [3.8, 4) is 0 Å². The Hall–Kier alpha value is -1.92. The molecule has 1 heterocycles. The van der Waals surface area contributed by atoms with Gasteiger partial charge in [0.25, 0.3) is 5.91 Å². The number of amides is 1. The minimum Gasteiger partial charge on any atom is -0.364 e. The lowest BCUT2D eigenvalue weighted by atomic mass is 10.3. The molecule has 0 saturated carbocycles. The van der Waals surface area contributed by atoms with Gasteiger partial charge in [-0.1, -0.05) is 12.1 Å². The molecule has 0 saturated heterocycles. The Labute approximate surface area is 87.2 Å². The molecule has 0 spiro atoms. The second-order valence-electron chi connectivity index (χ2n) is 2.93. The highest BCUT2D eigenvalue weighted by Crippen LogP contribution is 2.12. The Bertz CT molecular complexity index is 369. The molecular weight excluding hydrogens is 196 g/mol. The molecule has 15 heavy (non-hydrogen) atoms. The van der Waals surface area contributed by atoms with E-state index < -0.39 is 5.91 Å². The first-order chi connectivity index (χ1) is 7.19. The van der Waals surface area contributed by atoms with Gasteiger partial charge in [0, 0.05) is 6.42 Å². The molecule has 0 atom stereocenters. The molecule has 1 rings (SSSR count). The summed E-state index contributed by atoms with van der Waals surface area (Å²) in [5.74, 6) is 0.454. The Morgan fingerprint density at radius 1 is 1.67 bits per heavy atom. The van der Waals surface area contributed by atoms with E-state index in [1.165, 1.54) is 7.05 Å². The molecule has 82 valence electrons. The van der Waals surface area contributed by atoms with Gasteiger partial charge in [-0.05, 0) is 6.42 Å². The van der Waals surface area contributed by atoms with Crippen molar-refractivity contribution in [2.24, 2.45) is 16.1 Å². The monoisotopic (exact) mass is 210 g/mol. The molecule has 0 bridgehead atoms. The first-order valence-corrected chi connectivity index (χ1v) is 4.62. The van der Waals surface area contributed by atoms with Crippen LogP contribution < -0.4 is 11.2 Å². The van der Waals surface area contributed by atoms with E-state index in [9.17, 15) is 4.79 Å². The van der Waals surface area contributed by atoms with E-state index in [1.54, 1.807) is 0 Å². The summed E-state index contributed by atoms with van der Waals surface area (Å²) >= 11 is 0. The maximum atomic E-state index is 11.0. The minimum atomic E-state index is -0.571. The molecule has 0 aliphatic rings. The number of nitrogens with one attached hydrogen (secondary N) is 2. The lowest BCUT2D eigenvalue weighted by Gasteiger charge is -1.94. The second kappa shape index (κ2) is 5.08. The molecule has 4 N–H and O–H groups in total. The van der Waals surface area contributed by atoms with Crippen LogP contribution in [0.2, 0.25) is 0 Å². The van der Waals surface area contributed by atoms with Gasteiger partial charge in [-0.2, -0.15) is 5.11 Å². The number of imidazole rings is 1. The Morgan fingerprint density at radius 2 is 2.40 bits per heavy atom. The zero-order valence-corrected chi connectivity index (χ0v) is 8.74. The first kappa shape index (κ1) is 11.2. The molecule has 1 amide bonds. The number of hydrogen-bond donors (Lipinski definition) is 3. The van der Waals surface area contributed by atoms with Crippen molar-refractivity contribution in [1.82, 2.24) is 9.97 Å². The maximum Gasteiger partial charge on any atom is 0.269 e. The number of hydrogen-bond acceptors (Lipinski definition) is 4. The van der Waals surface area contributed by atoms with Gasteiger partial charge in [0.2, 0.25) is 0 Å². The number of nitrogens with zero attached hydrogens (tertiary/aromatic N) is 3. The number of primary amides is 1. The van der Waals surface area contributed by atoms with Crippen molar-refractivity contribution in [2.75, 3.05) is 12.5 Å². The van der Waals surface area contributed by atoms with Gasteiger partial charge < -0.3 is 10.7 Å². The quantitative estimate of drug-likeness (QED) is 0.495. The number of aryl methyl sites for hydroxylation is 1. The van der Waals surface area contributed by atoms with Crippen LogP contribution in [-0.4, -0.2) is 22.9 Å². The predicted molar refractivity (Wildman–Crippen MR) is 55.5 cm³/mol. The summed E-state index contributed by atoms with van der Waals surface area (Å²) in [5.41, 5.74) is 7.94. The molecule has 0 fully saturated rings. The number of nitrogens with two attached hydrogens (primary N) is 1. The molecule has 0 radical (unpaired) electrons. The fourth-order valence-corrected chi connectivity index (χ4v) is 1.13. The van der Waals surface area contributed by atoms with Gasteiger partial charge in [0.1, 0.15) is 11.5 Å². The van der Waals surface area contributed by atoms with Crippen LogP contribution in [-0.2, 0) is 6.42 Å². The Morgan fingerprint density at radius 3 is 2.93 bits per heavy atom. The maximum absolute atomic E-state index is 11.0. The van der Waals surface area contributed by atoms with Crippen molar-refractivity contribution in [3.05, 3.63) is 11.5 Å². The Kier molecular flexibility index (Phi) is 3.78. The second-order valence-corrected chi connectivity index (χ2v) is 2.93.